The first-order chi connectivity index (χ1) is 8.28. The highest BCUT2D eigenvalue weighted by Gasteiger charge is 2.40. The van der Waals surface area contributed by atoms with E-state index in [9.17, 15) is 18.3 Å². The molecule has 0 amide bonds. The Morgan fingerprint density at radius 3 is 2.33 bits per heavy atom. The number of hydrogen-bond donors (Lipinski definition) is 2. The molecule has 1 aromatic carbocycles. The van der Waals surface area contributed by atoms with Crippen molar-refractivity contribution in [3.05, 3.63) is 23.3 Å². The Hall–Kier alpha value is -1.43. The van der Waals surface area contributed by atoms with E-state index in [-0.39, 0.29) is 5.75 Å². The maximum Gasteiger partial charge on any atom is 0.420 e. The predicted molar refractivity (Wildman–Crippen MR) is 59.4 cm³/mol. The Balaban J connectivity index is 2.56. The minimum Gasteiger partial charge on any atom is -0.504 e. The van der Waals surface area contributed by atoms with Crippen molar-refractivity contribution in [2.45, 2.75) is 31.0 Å². The number of benzene rings is 1. The van der Waals surface area contributed by atoms with Gasteiger partial charge in [0.2, 0.25) is 0 Å². The molecule has 0 spiro atoms. The van der Waals surface area contributed by atoms with Crippen LogP contribution in [0.4, 0.5) is 13.2 Å². The third-order valence-electron chi connectivity index (χ3n) is 3.42. The predicted octanol–water partition coefficient (Wildman–Crippen LogP) is 2.76. The molecule has 6 heteroatoms. The summed E-state index contributed by atoms with van der Waals surface area (Å²) in [6.45, 7) is 0. The number of methoxy groups -OCH3 is 1. The number of hydrogen-bond acceptors (Lipinski definition) is 3. The molecule has 0 aromatic heterocycles. The highest BCUT2D eigenvalue weighted by Crippen LogP contribution is 2.46. The van der Waals surface area contributed by atoms with Crippen LogP contribution in [0.1, 0.15) is 30.4 Å². The van der Waals surface area contributed by atoms with Crippen LogP contribution in [0, 0.1) is 0 Å². The van der Waals surface area contributed by atoms with Gasteiger partial charge in [0.15, 0.2) is 11.5 Å². The van der Waals surface area contributed by atoms with E-state index in [1.807, 2.05) is 0 Å². The summed E-state index contributed by atoms with van der Waals surface area (Å²) in [5, 5.41) is 9.52. The number of ether oxygens (including phenoxy) is 1. The highest BCUT2D eigenvalue weighted by molar-refractivity contribution is 5.51. The quantitative estimate of drug-likeness (QED) is 0.860. The topological polar surface area (TPSA) is 55.5 Å². The zero-order valence-electron chi connectivity index (χ0n) is 9.84. The van der Waals surface area contributed by atoms with Crippen molar-refractivity contribution in [1.29, 1.82) is 0 Å². The number of alkyl halides is 3. The van der Waals surface area contributed by atoms with Crippen molar-refractivity contribution >= 4 is 0 Å². The third-order valence-corrected chi connectivity index (χ3v) is 3.42. The maximum absolute atomic E-state index is 12.8. The maximum atomic E-state index is 12.8. The first-order valence-corrected chi connectivity index (χ1v) is 5.55. The zero-order valence-corrected chi connectivity index (χ0v) is 9.84. The average molecular weight is 261 g/mol. The van der Waals surface area contributed by atoms with Gasteiger partial charge in [-0.2, -0.15) is 13.2 Å². The molecule has 0 atom stereocenters. The number of rotatable bonds is 2. The fraction of sp³-hybridized carbons (Fsp3) is 0.500. The van der Waals surface area contributed by atoms with Gasteiger partial charge in [-0.15, -0.1) is 0 Å². The highest BCUT2D eigenvalue weighted by atomic mass is 19.4. The first-order valence-electron chi connectivity index (χ1n) is 5.55. The van der Waals surface area contributed by atoms with Crippen molar-refractivity contribution in [2.24, 2.45) is 5.73 Å². The van der Waals surface area contributed by atoms with Crippen LogP contribution < -0.4 is 10.5 Å². The fourth-order valence-electron chi connectivity index (χ4n) is 2.11. The van der Waals surface area contributed by atoms with Crippen molar-refractivity contribution in [3.63, 3.8) is 0 Å². The van der Waals surface area contributed by atoms with E-state index in [2.05, 4.69) is 0 Å². The van der Waals surface area contributed by atoms with Gasteiger partial charge in [0.05, 0.1) is 7.11 Å². The van der Waals surface area contributed by atoms with Gasteiger partial charge in [-0.05, 0) is 37.0 Å². The molecule has 1 saturated carbocycles. The van der Waals surface area contributed by atoms with Crippen molar-refractivity contribution in [1.82, 2.24) is 0 Å². The molecule has 1 aromatic rings. The molecule has 1 aliphatic carbocycles. The van der Waals surface area contributed by atoms with Gasteiger partial charge in [-0.1, -0.05) is 0 Å². The van der Waals surface area contributed by atoms with Crippen LogP contribution >= 0.6 is 0 Å². The molecule has 0 heterocycles. The minimum atomic E-state index is -4.63. The van der Waals surface area contributed by atoms with Gasteiger partial charge < -0.3 is 15.6 Å². The monoisotopic (exact) mass is 261 g/mol. The van der Waals surface area contributed by atoms with E-state index in [1.165, 1.54) is 13.2 Å². The molecule has 0 radical (unpaired) electrons. The Bertz CT molecular complexity index is 467. The van der Waals surface area contributed by atoms with E-state index in [4.69, 9.17) is 10.5 Å². The van der Waals surface area contributed by atoms with Crippen LogP contribution in [0.15, 0.2) is 12.1 Å². The first kappa shape index (κ1) is 13.0. The molecule has 1 fully saturated rings. The molecule has 0 bridgehead atoms. The van der Waals surface area contributed by atoms with Crippen molar-refractivity contribution < 1.29 is 23.0 Å². The summed E-state index contributed by atoms with van der Waals surface area (Å²) < 4.78 is 43.2. The Morgan fingerprint density at radius 2 is 1.94 bits per heavy atom. The SMILES string of the molecule is COc1cc(C2(N)CCC2)cc(C(F)(F)F)c1O. The number of halogens is 3. The van der Waals surface area contributed by atoms with Crippen LogP contribution in [0.5, 0.6) is 11.5 Å². The van der Waals surface area contributed by atoms with Gasteiger partial charge in [0.1, 0.15) is 5.56 Å². The van der Waals surface area contributed by atoms with Gasteiger partial charge in [0.25, 0.3) is 0 Å². The zero-order chi connectivity index (χ0) is 13.6. The lowest BCUT2D eigenvalue weighted by Crippen LogP contribution is -2.43. The van der Waals surface area contributed by atoms with Gasteiger partial charge in [-0.25, -0.2) is 0 Å². The smallest absolute Gasteiger partial charge is 0.420 e. The van der Waals surface area contributed by atoms with Gasteiger partial charge in [0, 0.05) is 5.54 Å². The summed E-state index contributed by atoms with van der Waals surface area (Å²) in [4.78, 5) is 0. The number of phenolic OH excluding ortho intramolecular Hbond substituents is 1. The molecule has 18 heavy (non-hydrogen) atoms. The summed E-state index contributed by atoms with van der Waals surface area (Å²) in [5.41, 5.74) is 4.52. The summed E-state index contributed by atoms with van der Waals surface area (Å²) >= 11 is 0. The van der Waals surface area contributed by atoms with Crippen molar-refractivity contribution in [3.8, 4) is 11.5 Å². The lowest BCUT2D eigenvalue weighted by molar-refractivity contribution is -0.139. The molecular weight excluding hydrogens is 247 g/mol. The van der Waals surface area contributed by atoms with Gasteiger partial charge >= 0.3 is 6.18 Å². The van der Waals surface area contributed by atoms with Crippen LogP contribution in [0.25, 0.3) is 0 Å². The largest absolute Gasteiger partial charge is 0.504 e. The van der Waals surface area contributed by atoms with Crippen LogP contribution in [0.3, 0.4) is 0 Å². The molecule has 3 nitrogen and oxygen atoms in total. The second kappa shape index (κ2) is 4.05. The molecular formula is C12H14F3NO2. The van der Waals surface area contributed by atoms with E-state index < -0.39 is 23.0 Å². The van der Waals surface area contributed by atoms with E-state index >= 15 is 0 Å². The van der Waals surface area contributed by atoms with Gasteiger partial charge in [-0.3, -0.25) is 0 Å². The second-order valence-corrected chi connectivity index (χ2v) is 4.58. The Labute approximate surface area is 102 Å². The molecule has 100 valence electrons. The lowest BCUT2D eigenvalue weighted by atomic mass is 9.72. The molecule has 3 N–H and O–H groups in total. The average Bonchev–Trinajstić information content (AvgIpc) is 2.24. The third kappa shape index (κ3) is 2.01. The van der Waals surface area contributed by atoms with E-state index in [0.29, 0.717) is 18.4 Å². The normalized spacial score (nSPS) is 18.3. The number of phenols is 1. The lowest BCUT2D eigenvalue weighted by Gasteiger charge is -2.39. The molecule has 0 saturated heterocycles. The Kier molecular flexibility index (Phi) is 2.93. The van der Waals surface area contributed by atoms with E-state index in [0.717, 1.165) is 12.5 Å². The van der Waals surface area contributed by atoms with Crippen LogP contribution in [-0.2, 0) is 11.7 Å². The van der Waals surface area contributed by atoms with Crippen LogP contribution in [0.2, 0.25) is 0 Å². The van der Waals surface area contributed by atoms with Crippen LogP contribution in [-0.4, -0.2) is 12.2 Å². The van der Waals surface area contributed by atoms with E-state index in [1.54, 1.807) is 0 Å². The Morgan fingerprint density at radius 1 is 1.33 bits per heavy atom. The number of aromatic hydroxyl groups is 1. The summed E-state index contributed by atoms with van der Waals surface area (Å²) in [6.07, 6.45) is -2.47. The minimum absolute atomic E-state index is 0.198. The standard InChI is InChI=1S/C12H14F3NO2/c1-18-9-6-7(11(16)3-2-4-11)5-8(10(9)17)12(13,14)15/h5-6,17H,2-4,16H2,1H3. The molecule has 1 aliphatic rings. The molecule has 2 rings (SSSR count). The molecule has 0 aliphatic heterocycles. The summed E-state index contributed by atoms with van der Waals surface area (Å²) in [5.74, 6) is -1.09. The molecule has 0 unspecified atom stereocenters. The van der Waals surface area contributed by atoms with Crippen molar-refractivity contribution in [2.75, 3.05) is 7.11 Å². The number of nitrogens with two attached hydrogens (primary N) is 1. The fourth-order valence-corrected chi connectivity index (χ4v) is 2.11. The summed E-state index contributed by atoms with van der Waals surface area (Å²) in [7, 11) is 1.21. The summed E-state index contributed by atoms with van der Waals surface area (Å²) in [6, 6.07) is 2.29. The second-order valence-electron chi connectivity index (χ2n) is 4.58.